The van der Waals surface area contributed by atoms with Crippen LogP contribution in [0.5, 0.6) is 23.0 Å². The number of hydrogen-bond donors (Lipinski definition) is 2. The summed E-state index contributed by atoms with van der Waals surface area (Å²) in [5.41, 5.74) is -0.121. The summed E-state index contributed by atoms with van der Waals surface area (Å²) >= 11 is 0. The quantitative estimate of drug-likeness (QED) is 0.199. The van der Waals surface area contributed by atoms with Gasteiger partial charge in [-0.2, -0.15) is 0 Å². The maximum Gasteiger partial charge on any atom is 0.240 e. The first-order chi connectivity index (χ1) is 21.7. The number of carbonyl (C=O) groups excluding carboxylic acids is 2. The zero-order valence-corrected chi connectivity index (χ0v) is 25.1. The standard InChI is InChI=1S/C34H34F2N4O5/c1-40-15-10-21(11-16-40)20-44-31-18-25-27(19-30(31)43-2)37-14-9-28(25)45-29-8-7-24(17-26(29)36)39-33(42)34(12-13-34)32(41)38-23-5-3-22(35)4-6-23/h3-9,14,17-19,21H,10-13,15-16,20H2,1-2H3,(H,38,41)(H,39,42). The van der Waals surface area contributed by atoms with Crippen LogP contribution in [0.2, 0.25) is 0 Å². The summed E-state index contributed by atoms with van der Waals surface area (Å²) in [5, 5.41) is 5.92. The first-order valence-electron chi connectivity index (χ1n) is 14.9. The molecule has 45 heavy (non-hydrogen) atoms. The fraction of sp³-hybridized carbons (Fsp3) is 0.324. The van der Waals surface area contributed by atoms with Crippen LogP contribution in [0.3, 0.4) is 0 Å². The van der Waals surface area contributed by atoms with Gasteiger partial charge in [0.2, 0.25) is 11.8 Å². The molecule has 3 aromatic carbocycles. The number of methoxy groups -OCH3 is 1. The minimum Gasteiger partial charge on any atom is -0.493 e. The summed E-state index contributed by atoms with van der Waals surface area (Å²) in [4.78, 5) is 32.6. The lowest BCUT2D eigenvalue weighted by Crippen LogP contribution is -2.35. The van der Waals surface area contributed by atoms with Crippen molar-refractivity contribution in [1.29, 1.82) is 0 Å². The highest BCUT2D eigenvalue weighted by Gasteiger charge is 2.56. The van der Waals surface area contributed by atoms with Crippen LogP contribution in [0.4, 0.5) is 20.2 Å². The molecule has 2 fully saturated rings. The number of nitrogens with one attached hydrogen (secondary N) is 2. The second kappa shape index (κ2) is 12.7. The van der Waals surface area contributed by atoms with Crippen molar-refractivity contribution in [3.05, 3.63) is 78.5 Å². The van der Waals surface area contributed by atoms with Gasteiger partial charge in [-0.25, -0.2) is 8.78 Å². The summed E-state index contributed by atoms with van der Waals surface area (Å²) in [6, 6.07) is 14.5. The third-order valence-corrected chi connectivity index (χ3v) is 8.43. The summed E-state index contributed by atoms with van der Waals surface area (Å²) in [7, 11) is 3.69. The first kappa shape index (κ1) is 30.3. The molecular weight excluding hydrogens is 582 g/mol. The van der Waals surface area contributed by atoms with Crippen LogP contribution in [0.25, 0.3) is 10.9 Å². The number of amides is 2. The molecule has 0 unspecified atom stereocenters. The van der Waals surface area contributed by atoms with Crippen molar-refractivity contribution in [3.63, 3.8) is 0 Å². The number of pyridine rings is 1. The fourth-order valence-corrected chi connectivity index (χ4v) is 5.42. The van der Waals surface area contributed by atoms with Crippen molar-refractivity contribution in [2.45, 2.75) is 25.7 Å². The van der Waals surface area contributed by atoms with E-state index in [9.17, 15) is 14.0 Å². The van der Waals surface area contributed by atoms with Gasteiger partial charge in [-0.1, -0.05) is 0 Å². The van der Waals surface area contributed by atoms with E-state index in [1.54, 1.807) is 31.5 Å². The van der Waals surface area contributed by atoms with Crippen LogP contribution in [-0.4, -0.2) is 55.6 Å². The molecule has 0 radical (unpaired) electrons. The molecule has 4 aromatic rings. The molecule has 9 nitrogen and oxygen atoms in total. The van der Waals surface area contributed by atoms with Crippen molar-refractivity contribution in [3.8, 4) is 23.0 Å². The van der Waals surface area contributed by atoms with Crippen molar-refractivity contribution in [2.24, 2.45) is 11.3 Å². The Balaban J connectivity index is 1.15. The van der Waals surface area contributed by atoms with Crippen molar-refractivity contribution < 1.29 is 32.6 Å². The number of fused-ring (bicyclic) bond motifs is 1. The Kier molecular flexibility index (Phi) is 8.53. The van der Waals surface area contributed by atoms with Gasteiger partial charge in [0.25, 0.3) is 0 Å². The molecule has 2 amide bonds. The molecule has 1 saturated carbocycles. The Morgan fingerprint density at radius 1 is 0.889 bits per heavy atom. The number of rotatable bonds is 10. The van der Waals surface area contributed by atoms with Gasteiger partial charge < -0.3 is 29.7 Å². The van der Waals surface area contributed by atoms with Gasteiger partial charge >= 0.3 is 0 Å². The van der Waals surface area contributed by atoms with Gasteiger partial charge in [0, 0.05) is 35.1 Å². The van der Waals surface area contributed by atoms with E-state index in [4.69, 9.17) is 14.2 Å². The van der Waals surface area contributed by atoms with Crippen LogP contribution in [-0.2, 0) is 9.59 Å². The number of carbonyl (C=O) groups is 2. The van der Waals surface area contributed by atoms with E-state index in [1.165, 1.54) is 36.4 Å². The van der Waals surface area contributed by atoms with Crippen molar-refractivity contribution >= 4 is 34.1 Å². The highest BCUT2D eigenvalue weighted by Crippen LogP contribution is 2.47. The van der Waals surface area contributed by atoms with Gasteiger partial charge in [-0.05, 0) is 100 Å². The number of anilines is 2. The minimum atomic E-state index is -1.27. The topological polar surface area (TPSA) is 102 Å². The highest BCUT2D eigenvalue weighted by atomic mass is 19.1. The fourth-order valence-electron chi connectivity index (χ4n) is 5.42. The SMILES string of the molecule is COc1cc2nccc(Oc3ccc(NC(=O)C4(C(=O)Nc5ccc(F)cc5)CC4)cc3F)c2cc1OCC1CCN(C)CC1. The molecule has 11 heteroatoms. The molecule has 0 bridgehead atoms. The number of ether oxygens (including phenoxy) is 3. The summed E-state index contributed by atoms with van der Waals surface area (Å²) < 4.78 is 46.2. The number of piperidine rings is 1. The lowest BCUT2D eigenvalue weighted by Gasteiger charge is -2.28. The highest BCUT2D eigenvalue weighted by molar-refractivity contribution is 6.16. The molecule has 1 saturated heterocycles. The predicted molar refractivity (Wildman–Crippen MR) is 166 cm³/mol. The molecule has 234 valence electrons. The molecule has 1 aliphatic heterocycles. The van der Waals surface area contributed by atoms with Gasteiger partial charge in [-0.15, -0.1) is 0 Å². The Morgan fingerprint density at radius 2 is 1.58 bits per heavy atom. The van der Waals surface area contributed by atoms with Gasteiger partial charge in [0.05, 0.1) is 19.2 Å². The van der Waals surface area contributed by atoms with Crippen LogP contribution < -0.4 is 24.8 Å². The van der Waals surface area contributed by atoms with Crippen LogP contribution in [0, 0.1) is 23.0 Å². The second-order valence-electron chi connectivity index (χ2n) is 11.6. The number of aromatic nitrogens is 1. The first-order valence-corrected chi connectivity index (χ1v) is 14.9. The average molecular weight is 617 g/mol. The molecule has 6 rings (SSSR count). The number of halogens is 2. The van der Waals surface area contributed by atoms with Crippen LogP contribution in [0.15, 0.2) is 66.9 Å². The monoisotopic (exact) mass is 616 g/mol. The van der Waals surface area contributed by atoms with E-state index in [0.717, 1.165) is 32.0 Å². The number of benzene rings is 3. The zero-order valence-electron chi connectivity index (χ0n) is 25.1. The molecule has 0 atom stereocenters. The van der Waals surface area contributed by atoms with E-state index in [0.29, 0.717) is 59.2 Å². The van der Waals surface area contributed by atoms with E-state index < -0.39 is 28.9 Å². The predicted octanol–water partition coefficient (Wildman–Crippen LogP) is 6.39. The molecule has 2 heterocycles. The molecule has 2 N–H and O–H groups in total. The maximum atomic E-state index is 15.3. The average Bonchev–Trinajstić information content (AvgIpc) is 3.85. The van der Waals surface area contributed by atoms with E-state index >= 15 is 4.39 Å². The molecule has 0 spiro atoms. The molecule has 2 aliphatic rings. The third kappa shape index (κ3) is 6.68. The van der Waals surface area contributed by atoms with E-state index in [2.05, 4.69) is 27.6 Å². The zero-order chi connectivity index (χ0) is 31.6. The van der Waals surface area contributed by atoms with E-state index in [1.807, 2.05) is 0 Å². The van der Waals surface area contributed by atoms with Crippen LogP contribution in [0.1, 0.15) is 25.7 Å². The van der Waals surface area contributed by atoms with Gasteiger partial charge in [0.1, 0.15) is 17.0 Å². The summed E-state index contributed by atoms with van der Waals surface area (Å²) in [6.07, 6.45) is 4.37. The van der Waals surface area contributed by atoms with E-state index in [-0.39, 0.29) is 11.4 Å². The Labute approximate surface area is 259 Å². The third-order valence-electron chi connectivity index (χ3n) is 8.43. The van der Waals surface area contributed by atoms with Crippen LogP contribution >= 0.6 is 0 Å². The largest absolute Gasteiger partial charge is 0.493 e. The summed E-state index contributed by atoms with van der Waals surface area (Å²) in [6.45, 7) is 2.63. The normalized spacial score (nSPS) is 16.2. The minimum absolute atomic E-state index is 0.0553. The molecular formula is C34H34F2N4O5. The maximum absolute atomic E-state index is 15.3. The number of nitrogens with zero attached hydrogens (tertiary/aromatic N) is 2. The van der Waals surface area contributed by atoms with Crippen molar-refractivity contribution in [1.82, 2.24) is 9.88 Å². The molecule has 1 aromatic heterocycles. The molecule has 1 aliphatic carbocycles. The lowest BCUT2D eigenvalue weighted by atomic mass is 9.98. The van der Waals surface area contributed by atoms with Gasteiger partial charge in [0.15, 0.2) is 23.1 Å². The lowest BCUT2D eigenvalue weighted by molar-refractivity contribution is -0.131. The number of hydrogen-bond acceptors (Lipinski definition) is 7. The van der Waals surface area contributed by atoms with Crippen molar-refractivity contribution in [2.75, 3.05) is 44.5 Å². The Hall–Kier alpha value is -4.77. The van der Waals surface area contributed by atoms with Gasteiger partial charge in [-0.3, -0.25) is 14.6 Å². The smallest absolute Gasteiger partial charge is 0.240 e. The Bertz CT molecular complexity index is 1720. The summed E-state index contributed by atoms with van der Waals surface area (Å²) in [5.74, 6) is -0.319. The second-order valence-corrected chi connectivity index (χ2v) is 11.6. The Morgan fingerprint density at radius 3 is 2.24 bits per heavy atom. The number of likely N-dealkylation sites (tertiary alicyclic amines) is 1.